The van der Waals surface area contributed by atoms with E-state index in [2.05, 4.69) is 53.4 Å². The maximum absolute atomic E-state index is 4.32. The summed E-state index contributed by atoms with van der Waals surface area (Å²) in [7, 11) is 6.25. The highest BCUT2D eigenvalue weighted by Gasteiger charge is 2.22. The molecule has 0 radical (unpaired) electrons. The smallest absolute Gasteiger partial charge is 0.191 e. The molecule has 0 aromatic rings. The molecule has 0 aromatic carbocycles. The van der Waals surface area contributed by atoms with Crippen molar-refractivity contribution in [2.75, 3.05) is 53.9 Å². The fraction of sp³-hybridized carbons (Fsp3) is 0.933. The van der Waals surface area contributed by atoms with Gasteiger partial charge in [0.2, 0.25) is 0 Å². The summed E-state index contributed by atoms with van der Waals surface area (Å²) < 4.78 is 0. The standard InChI is InChI=1S/C15H33N5/c1-6-13(7-2)10-17-15(16-3)18-11-14-12-19(4)8-9-20(14)5/h13-14H,6-12H2,1-5H3,(H2,16,17,18). The van der Waals surface area contributed by atoms with Crippen LogP contribution in [0.1, 0.15) is 26.7 Å². The van der Waals surface area contributed by atoms with Gasteiger partial charge in [0.25, 0.3) is 0 Å². The molecule has 0 aromatic heterocycles. The minimum absolute atomic E-state index is 0.556. The van der Waals surface area contributed by atoms with Gasteiger partial charge in [-0.2, -0.15) is 0 Å². The van der Waals surface area contributed by atoms with E-state index in [4.69, 9.17) is 0 Å². The predicted molar refractivity (Wildman–Crippen MR) is 87.4 cm³/mol. The summed E-state index contributed by atoms with van der Waals surface area (Å²) in [6.07, 6.45) is 2.44. The van der Waals surface area contributed by atoms with Crippen LogP contribution in [0.25, 0.3) is 0 Å². The van der Waals surface area contributed by atoms with Crippen LogP contribution in [0.2, 0.25) is 0 Å². The number of rotatable bonds is 6. The Morgan fingerprint density at radius 2 is 1.90 bits per heavy atom. The second-order valence-electron chi connectivity index (χ2n) is 5.91. The third kappa shape index (κ3) is 5.67. The van der Waals surface area contributed by atoms with Crippen LogP contribution in [0.15, 0.2) is 4.99 Å². The molecule has 1 aliphatic heterocycles. The molecule has 20 heavy (non-hydrogen) atoms. The van der Waals surface area contributed by atoms with E-state index in [1.54, 1.807) is 0 Å². The first kappa shape index (κ1) is 17.2. The first-order valence-electron chi connectivity index (χ1n) is 7.93. The van der Waals surface area contributed by atoms with Crippen LogP contribution in [0.3, 0.4) is 0 Å². The van der Waals surface area contributed by atoms with E-state index >= 15 is 0 Å². The summed E-state index contributed by atoms with van der Waals surface area (Å²) in [6.45, 7) is 9.87. The van der Waals surface area contributed by atoms with Crippen molar-refractivity contribution in [1.82, 2.24) is 20.4 Å². The van der Waals surface area contributed by atoms with Crippen LogP contribution in [0.5, 0.6) is 0 Å². The molecule has 5 nitrogen and oxygen atoms in total. The molecule has 0 spiro atoms. The van der Waals surface area contributed by atoms with Crippen LogP contribution < -0.4 is 10.6 Å². The Hall–Kier alpha value is -0.810. The van der Waals surface area contributed by atoms with Crippen molar-refractivity contribution in [1.29, 1.82) is 0 Å². The normalized spacial score (nSPS) is 22.3. The number of likely N-dealkylation sites (N-methyl/N-ethyl adjacent to an activating group) is 2. The summed E-state index contributed by atoms with van der Waals surface area (Å²) in [4.78, 5) is 9.15. The molecule has 5 heteroatoms. The molecule has 1 rings (SSSR count). The quantitative estimate of drug-likeness (QED) is 0.560. The van der Waals surface area contributed by atoms with Crippen molar-refractivity contribution >= 4 is 5.96 Å². The molecule has 1 aliphatic rings. The zero-order chi connectivity index (χ0) is 15.0. The van der Waals surface area contributed by atoms with Gasteiger partial charge < -0.3 is 15.5 Å². The molecule has 0 bridgehead atoms. The van der Waals surface area contributed by atoms with Crippen LogP contribution in [0.4, 0.5) is 0 Å². The van der Waals surface area contributed by atoms with E-state index in [1.165, 1.54) is 12.8 Å². The molecule has 1 fully saturated rings. The molecule has 1 heterocycles. The van der Waals surface area contributed by atoms with Gasteiger partial charge in [-0.15, -0.1) is 0 Å². The molecule has 1 atom stereocenters. The van der Waals surface area contributed by atoms with E-state index in [0.717, 1.165) is 44.6 Å². The number of nitrogens with zero attached hydrogens (tertiary/aromatic N) is 3. The highest BCUT2D eigenvalue weighted by Crippen LogP contribution is 2.06. The first-order chi connectivity index (χ1) is 9.60. The van der Waals surface area contributed by atoms with Crippen LogP contribution in [0, 0.1) is 5.92 Å². The molecule has 118 valence electrons. The minimum Gasteiger partial charge on any atom is -0.356 e. The zero-order valence-corrected chi connectivity index (χ0v) is 13.9. The number of guanidine groups is 1. The molecule has 1 unspecified atom stereocenters. The average Bonchev–Trinajstić information content (AvgIpc) is 2.46. The lowest BCUT2D eigenvalue weighted by Gasteiger charge is -2.38. The fourth-order valence-corrected chi connectivity index (χ4v) is 2.58. The lowest BCUT2D eigenvalue weighted by molar-refractivity contribution is 0.116. The van der Waals surface area contributed by atoms with E-state index in [-0.39, 0.29) is 0 Å². The number of aliphatic imine (C=N–C) groups is 1. The van der Waals surface area contributed by atoms with Crippen molar-refractivity contribution < 1.29 is 0 Å². The Kier molecular flexibility index (Phi) is 7.92. The lowest BCUT2D eigenvalue weighted by atomic mass is 10.0. The summed E-state index contributed by atoms with van der Waals surface area (Å²) in [5.41, 5.74) is 0. The monoisotopic (exact) mass is 283 g/mol. The Bertz CT molecular complexity index is 288. The topological polar surface area (TPSA) is 42.9 Å². The molecule has 1 saturated heterocycles. The van der Waals surface area contributed by atoms with Crippen LogP contribution in [-0.4, -0.2) is 75.7 Å². The third-order valence-corrected chi connectivity index (χ3v) is 4.42. The van der Waals surface area contributed by atoms with E-state index in [1.807, 2.05) is 7.05 Å². The third-order valence-electron chi connectivity index (χ3n) is 4.42. The molecule has 0 aliphatic carbocycles. The van der Waals surface area contributed by atoms with Gasteiger partial charge >= 0.3 is 0 Å². The van der Waals surface area contributed by atoms with Crippen molar-refractivity contribution in [3.8, 4) is 0 Å². The summed E-state index contributed by atoms with van der Waals surface area (Å²) in [5.74, 6) is 1.66. The largest absolute Gasteiger partial charge is 0.356 e. The SMILES string of the molecule is CCC(CC)CNC(=NC)NCC1CN(C)CCN1C. The van der Waals surface area contributed by atoms with E-state index < -0.39 is 0 Å². The minimum atomic E-state index is 0.556. The van der Waals surface area contributed by atoms with Gasteiger partial charge in [-0.25, -0.2) is 0 Å². The molecule has 2 N–H and O–H groups in total. The van der Waals surface area contributed by atoms with Crippen molar-refractivity contribution in [3.05, 3.63) is 0 Å². The highest BCUT2D eigenvalue weighted by molar-refractivity contribution is 5.79. The number of nitrogens with one attached hydrogen (secondary N) is 2. The fourth-order valence-electron chi connectivity index (χ4n) is 2.58. The lowest BCUT2D eigenvalue weighted by Crippen LogP contribution is -2.55. The van der Waals surface area contributed by atoms with Gasteiger partial charge in [0.1, 0.15) is 0 Å². The van der Waals surface area contributed by atoms with E-state index in [9.17, 15) is 0 Å². The summed E-state index contributed by atoms with van der Waals surface area (Å²) in [5, 5.41) is 6.91. The Morgan fingerprint density at radius 1 is 1.20 bits per heavy atom. The molecule has 0 amide bonds. The zero-order valence-electron chi connectivity index (χ0n) is 13.9. The predicted octanol–water partition coefficient (Wildman–Crippen LogP) is 0.833. The second kappa shape index (κ2) is 9.19. The van der Waals surface area contributed by atoms with E-state index in [0.29, 0.717) is 6.04 Å². The number of hydrogen-bond donors (Lipinski definition) is 2. The van der Waals surface area contributed by atoms with Crippen molar-refractivity contribution in [3.63, 3.8) is 0 Å². The van der Waals surface area contributed by atoms with Crippen LogP contribution in [-0.2, 0) is 0 Å². The van der Waals surface area contributed by atoms with Gasteiger partial charge in [-0.3, -0.25) is 9.89 Å². The first-order valence-corrected chi connectivity index (χ1v) is 7.93. The highest BCUT2D eigenvalue weighted by atomic mass is 15.3. The number of hydrogen-bond acceptors (Lipinski definition) is 3. The summed E-state index contributed by atoms with van der Waals surface area (Å²) in [6, 6.07) is 0.556. The molecule has 0 saturated carbocycles. The van der Waals surface area contributed by atoms with Crippen LogP contribution >= 0.6 is 0 Å². The Balaban J connectivity index is 2.33. The molecular weight excluding hydrogens is 250 g/mol. The maximum Gasteiger partial charge on any atom is 0.191 e. The number of piperazine rings is 1. The van der Waals surface area contributed by atoms with Crippen molar-refractivity contribution in [2.24, 2.45) is 10.9 Å². The van der Waals surface area contributed by atoms with Crippen molar-refractivity contribution in [2.45, 2.75) is 32.7 Å². The van der Waals surface area contributed by atoms with Gasteiger partial charge in [0.15, 0.2) is 5.96 Å². The average molecular weight is 283 g/mol. The second-order valence-corrected chi connectivity index (χ2v) is 5.91. The molecular formula is C15H33N5. The van der Waals surface area contributed by atoms with Gasteiger partial charge in [-0.1, -0.05) is 26.7 Å². The summed E-state index contributed by atoms with van der Waals surface area (Å²) >= 11 is 0. The van der Waals surface area contributed by atoms with Gasteiger partial charge in [-0.05, 0) is 20.0 Å². The van der Waals surface area contributed by atoms with Gasteiger partial charge in [0.05, 0.1) is 0 Å². The maximum atomic E-state index is 4.32. The Morgan fingerprint density at radius 3 is 2.50 bits per heavy atom. The van der Waals surface area contributed by atoms with Gasteiger partial charge in [0, 0.05) is 45.8 Å². The Labute approximate surface area is 124 Å².